The Morgan fingerprint density at radius 2 is 2.00 bits per heavy atom. The van der Waals surface area contributed by atoms with Crippen molar-refractivity contribution in [2.24, 2.45) is 5.10 Å². The van der Waals surface area contributed by atoms with E-state index in [0.717, 1.165) is 9.86 Å². The molecule has 0 fully saturated rings. The molecule has 3 aromatic carbocycles. The Kier molecular flexibility index (Phi) is 7.21. The lowest BCUT2D eigenvalue weighted by atomic mass is 10.2. The molecule has 0 saturated carbocycles. The van der Waals surface area contributed by atoms with Crippen LogP contribution in [0, 0.1) is 3.57 Å². The number of nitrogens with zero attached hydrogens (tertiary/aromatic N) is 3. The highest BCUT2D eigenvalue weighted by Crippen LogP contribution is 2.34. The molecule has 0 aliphatic carbocycles. The molecular formula is C27H19BrIN3O6. The maximum atomic E-state index is 13.5. The third-order valence-corrected chi connectivity index (χ3v) is 6.96. The second kappa shape index (κ2) is 10.6. The van der Waals surface area contributed by atoms with E-state index in [4.69, 9.17) is 18.9 Å². The number of carboxylic acid groups (broad SMARTS) is 1. The Bertz CT molecular complexity index is 1800. The highest BCUT2D eigenvalue weighted by atomic mass is 127. The maximum absolute atomic E-state index is 13.5. The van der Waals surface area contributed by atoms with Crippen molar-refractivity contribution in [2.45, 2.75) is 13.0 Å². The average Bonchev–Trinajstić information content (AvgIpc) is 3.32. The first kappa shape index (κ1) is 25.9. The van der Waals surface area contributed by atoms with E-state index in [9.17, 15) is 14.7 Å². The SMILES string of the molecule is COc1cc(C=Nn2c(-c3cc4cc(Br)ccc4o3)nc3ccccc3c2=O)cc(I)c1O[C@@H](C)C(=O)O. The Labute approximate surface area is 238 Å². The van der Waals surface area contributed by atoms with Gasteiger partial charge >= 0.3 is 5.97 Å². The van der Waals surface area contributed by atoms with E-state index in [1.54, 1.807) is 30.3 Å². The molecule has 38 heavy (non-hydrogen) atoms. The topological polar surface area (TPSA) is 116 Å². The normalized spacial score (nSPS) is 12.3. The van der Waals surface area contributed by atoms with Gasteiger partial charge in [0.15, 0.2) is 23.4 Å². The average molecular weight is 688 g/mol. The predicted molar refractivity (Wildman–Crippen MR) is 155 cm³/mol. The van der Waals surface area contributed by atoms with Gasteiger partial charge in [-0.15, -0.1) is 0 Å². The molecule has 5 rings (SSSR count). The Hall–Kier alpha value is -3.71. The fourth-order valence-electron chi connectivity index (χ4n) is 3.79. The number of hydrogen-bond donors (Lipinski definition) is 1. The number of fused-ring (bicyclic) bond motifs is 2. The number of ether oxygens (including phenoxy) is 2. The standard InChI is InChI=1S/C27H19BrIN3O6/c1-14(27(34)35)37-24-19(29)9-15(10-22(24)36-2)13-30-32-25(31-20-6-4-3-5-18(20)26(32)33)23-12-16-11-17(28)7-8-21(16)38-23/h3-14H,1-2H3,(H,34,35)/t14-/m0/s1. The lowest BCUT2D eigenvalue weighted by Gasteiger charge is -2.16. The first-order chi connectivity index (χ1) is 18.2. The smallest absolute Gasteiger partial charge is 0.344 e. The largest absolute Gasteiger partial charge is 0.493 e. The van der Waals surface area contributed by atoms with Crippen molar-refractivity contribution in [1.82, 2.24) is 9.66 Å². The molecule has 0 radical (unpaired) electrons. The number of furan rings is 1. The third-order valence-electron chi connectivity index (χ3n) is 5.67. The van der Waals surface area contributed by atoms with Gasteiger partial charge in [-0.2, -0.15) is 9.78 Å². The van der Waals surface area contributed by atoms with Gasteiger partial charge in [0, 0.05) is 9.86 Å². The van der Waals surface area contributed by atoms with E-state index in [0.29, 0.717) is 42.9 Å². The first-order valence-electron chi connectivity index (χ1n) is 11.3. The van der Waals surface area contributed by atoms with E-state index in [1.165, 1.54) is 24.9 Å². The second-order valence-corrected chi connectivity index (χ2v) is 10.3. The zero-order valence-electron chi connectivity index (χ0n) is 20.0. The van der Waals surface area contributed by atoms with Gasteiger partial charge in [0.2, 0.25) is 5.82 Å². The van der Waals surface area contributed by atoms with Crippen LogP contribution in [0.4, 0.5) is 0 Å². The van der Waals surface area contributed by atoms with Crippen LogP contribution >= 0.6 is 38.5 Å². The molecule has 2 heterocycles. The number of rotatable bonds is 7. The highest BCUT2D eigenvalue weighted by Gasteiger charge is 2.20. The maximum Gasteiger partial charge on any atom is 0.344 e. The second-order valence-electron chi connectivity index (χ2n) is 8.24. The van der Waals surface area contributed by atoms with Crippen molar-refractivity contribution in [1.29, 1.82) is 0 Å². The van der Waals surface area contributed by atoms with E-state index >= 15 is 0 Å². The van der Waals surface area contributed by atoms with Crippen LogP contribution in [0.3, 0.4) is 0 Å². The summed E-state index contributed by atoms with van der Waals surface area (Å²) in [7, 11) is 1.46. The van der Waals surface area contributed by atoms with Crippen LogP contribution in [-0.2, 0) is 4.79 Å². The minimum absolute atomic E-state index is 0.245. The van der Waals surface area contributed by atoms with Gasteiger partial charge in [0.05, 0.1) is 27.8 Å². The van der Waals surface area contributed by atoms with E-state index in [-0.39, 0.29) is 11.4 Å². The van der Waals surface area contributed by atoms with Crippen LogP contribution < -0.4 is 15.0 Å². The number of carbonyl (C=O) groups is 1. The summed E-state index contributed by atoms with van der Waals surface area (Å²) in [6.07, 6.45) is 0.432. The number of para-hydroxylation sites is 1. The van der Waals surface area contributed by atoms with Crippen molar-refractivity contribution >= 4 is 72.6 Å². The molecule has 11 heteroatoms. The van der Waals surface area contributed by atoms with Crippen LogP contribution in [0.25, 0.3) is 33.5 Å². The molecule has 0 bridgehead atoms. The van der Waals surface area contributed by atoms with Gasteiger partial charge in [-0.3, -0.25) is 4.79 Å². The van der Waals surface area contributed by atoms with Crippen LogP contribution in [0.1, 0.15) is 12.5 Å². The minimum atomic E-state index is -1.10. The van der Waals surface area contributed by atoms with Crippen molar-refractivity contribution < 1.29 is 23.8 Å². The van der Waals surface area contributed by atoms with Crippen molar-refractivity contribution in [3.05, 3.63) is 84.6 Å². The molecule has 0 unspecified atom stereocenters. The lowest BCUT2D eigenvalue weighted by Crippen LogP contribution is -2.23. The summed E-state index contributed by atoms with van der Waals surface area (Å²) in [5.74, 6) is 0.172. The van der Waals surface area contributed by atoms with Gasteiger partial charge in [-0.1, -0.05) is 28.1 Å². The Morgan fingerprint density at radius 3 is 2.76 bits per heavy atom. The van der Waals surface area contributed by atoms with Gasteiger partial charge in [-0.25, -0.2) is 9.78 Å². The fourth-order valence-corrected chi connectivity index (χ4v) is 4.93. The van der Waals surface area contributed by atoms with Gasteiger partial charge in [0.1, 0.15) is 5.58 Å². The molecule has 0 aliphatic rings. The minimum Gasteiger partial charge on any atom is -0.493 e. The number of benzene rings is 3. The summed E-state index contributed by atoms with van der Waals surface area (Å²) >= 11 is 5.50. The van der Waals surface area contributed by atoms with Crippen LogP contribution in [0.15, 0.2) is 79.4 Å². The summed E-state index contributed by atoms with van der Waals surface area (Å²) in [5.41, 5.74) is 1.40. The summed E-state index contributed by atoms with van der Waals surface area (Å²) in [5, 5.41) is 14.9. The van der Waals surface area contributed by atoms with Gasteiger partial charge in [-0.05, 0) is 83.6 Å². The Morgan fingerprint density at radius 1 is 1.21 bits per heavy atom. The van der Waals surface area contributed by atoms with E-state index in [2.05, 4.69) is 21.0 Å². The molecule has 2 aromatic heterocycles. The number of methoxy groups -OCH3 is 1. The monoisotopic (exact) mass is 687 g/mol. The molecule has 0 aliphatic heterocycles. The number of carboxylic acids is 1. The van der Waals surface area contributed by atoms with E-state index < -0.39 is 12.1 Å². The van der Waals surface area contributed by atoms with Crippen molar-refractivity contribution in [3.8, 4) is 23.1 Å². The Balaban J connectivity index is 1.63. The summed E-state index contributed by atoms with van der Waals surface area (Å²) in [6, 6.07) is 17.8. The van der Waals surface area contributed by atoms with Crippen LogP contribution in [-0.4, -0.2) is 40.2 Å². The lowest BCUT2D eigenvalue weighted by molar-refractivity contribution is -0.144. The molecule has 5 aromatic rings. The number of halogens is 2. The molecule has 0 spiro atoms. The summed E-state index contributed by atoms with van der Waals surface area (Å²) in [6.45, 7) is 1.44. The van der Waals surface area contributed by atoms with Gasteiger partial charge in [0.25, 0.3) is 5.56 Å². The van der Waals surface area contributed by atoms with Crippen LogP contribution in [0.2, 0.25) is 0 Å². The molecule has 1 atom stereocenters. The predicted octanol–water partition coefficient (Wildman–Crippen LogP) is 5.92. The zero-order chi connectivity index (χ0) is 27.0. The molecule has 192 valence electrons. The van der Waals surface area contributed by atoms with Crippen molar-refractivity contribution in [2.75, 3.05) is 7.11 Å². The molecule has 1 N–H and O–H groups in total. The third kappa shape index (κ3) is 5.03. The van der Waals surface area contributed by atoms with Crippen molar-refractivity contribution in [3.63, 3.8) is 0 Å². The first-order valence-corrected chi connectivity index (χ1v) is 13.1. The van der Waals surface area contributed by atoms with E-state index in [1.807, 2.05) is 52.9 Å². The molecular weight excluding hydrogens is 669 g/mol. The summed E-state index contributed by atoms with van der Waals surface area (Å²) in [4.78, 5) is 29.4. The number of aromatic nitrogens is 2. The van der Waals surface area contributed by atoms with Crippen LogP contribution in [0.5, 0.6) is 11.5 Å². The highest BCUT2D eigenvalue weighted by molar-refractivity contribution is 14.1. The quantitative estimate of drug-likeness (QED) is 0.167. The number of hydrogen-bond acceptors (Lipinski definition) is 7. The zero-order valence-corrected chi connectivity index (χ0v) is 23.8. The molecule has 0 amide bonds. The molecule has 9 nitrogen and oxygen atoms in total. The molecule has 0 saturated heterocycles. The number of aliphatic carboxylic acids is 1. The van der Waals surface area contributed by atoms with Gasteiger partial charge < -0.3 is 19.0 Å². The fraction of sp³-hybridized carbons (Fsp3) is 0.111. The summed E-state index contributed by atoms with van der Waals surface area (Å²) < 4.78 is 19.7.